The summed E-state index contributed by atoms with van der Waals surface area (Å²) in [4.78, 5) is 14.6. The fraction of sp³-hybridized carbons (Fsp3) is 0.588. The number of methoxy groups -OCH3 is 2. The molecule has 0 saturated carbocycles. The summed E-state index contributed by atoms with van der Waals surface area (Å²) < 4.78 is 10.2. The quantitative estimate of drug-likeness (QED) is 0.799. The van der Waals surface area contributed by atoms with Crippen LogP contribution in [0.5, 0.6) is 5.75 Å². The summed E-state index contributed by atoms with van der Waals surface area (Å²) in [6.45, 7) is 5.37. The van der Waals surface area contributed by atoms with Gasteiger partial charge in [0.05, 0.1) is 20.1 Å². The lowest BCUT2D eigenvalue weighted by Crippen LogP contribution is -2.45. The zero-order valence-electron chi connectivity index (χ0n) is 13.3. The van der Waals surface area contributed by atoms with Gasteiger partial charge in [0.1, 0.15) is 5.75 Å². The molecule has 0 amide bonds. The van der Waals surface area contributed by atoms with Gasteiger partial charge >= 0.3 is 5.97 Å². The third-order valence-corrected chi connectivity index (χ3v) is 4.29. The SMILES string of the molecule is COC(=O)[C@@H]1CCCN(C(C)C)[C@@H]1c1ccc(OC)cc1. The molecular weight excluding hydrogens is 266 g/mol. The second-order valence-corrected chi connectivity index (χ2v) is 5.82. The average Bonchev–Trinajstić information content (AvgIpc) is 2.53. The Balaban J connectivity index is 2.35. The molecule has 0 bridgehead atoms. The molecule has 4 heteroatoms. The third-order valence-electron chi connectivity index (χ3n) is 4.29. The molecule has 0 N–H and O–H groups in total. The largest absolute Gasteiger partial charge is 0.497 e. The second kappa shape index (κ2) is 6.94. The molecule has 0 aliphatic carbocycles. The highest BCUT2D eigenvalue weighted by molar-refractivity contribution is 5.73. The number of hydrogen-bond donors (Lipinski definition) is 0. The first-order valence-electron chi connectivity index (χ1n) is 7.56. The minimum atomic E-state index is -0.110. The summed E-state index contributed by atoms with van der Waals surface area (Å²) in [5.41, 5.74) is 1.15. The molecule has 1 aliphatic rings. The zero-order valence-corrected chi connectivity index (χ0v) is 13.3. The van der Waals surface area contributed by atoms with Crippen LogP contribution in [0.2, 0.25) is 0 Å². The van der Waals surface area contributed by atoms with Gasteiger partial charge in [-0.2, -0.15) is 0 Å². The van der Waals surface area contributed by atoms with Gasteiger partial charge in [0.2, 0.25) is 0 Å². The van der Waals surface area contributed by atoms with Crippen molar-refractivity contribution >= 4 is 5.97 Å². The highest BCUT2D eigenvalue weighted by Gasteiger charge is 2.38. The first-order valence-corrected chi connectivity index (χ1v) is 7.56. The first-order chi connectivity index (χ1) is 10.1. The van der Waals surface area contributed by atoms with E-state index in [1.54, 1.807) is 7.11 Å². The van der Waals surface area contributed by atoms with Gasteiger partial charge in [-0.15, -0.1) is 0 Å². The number of likely N-dealkylation sites (tertiary alicyclic amines) is 1. The number of carbonyl (C=O) groups excluding carboxylic acids is 1. The van der Waals surface area contributed by atoms with E-state index in [0.717, 1.165) is 30.7 Å². The Bertz CT molecular complexity index is 469. The summed E-state index contributed by atoms with van der Waals surface area (Å²) in [6, 6.07) is 8.50. The van der Waals surface area contributed by atoms with E-state index in [1.807, 2.05) is 12.1 Å². The normalized spacial score (nSPS) is 23.1. The van der Waals surface area contributed by atoms with Crippen LogP contribution < -0.4 is 4.74 Å². The summed E-state index contributed by atoms with van der Waals surface area (Å²) in [6.07, 6.45) is 1.91. The number of rotatable bonds is 4. The Kier molecular flexibility index (Phi) is 5.23. The molecule has 1 fully saturated rings. The second-order valence-electron chi connectivity index (χ2n) is 5.82. The molecule has 116 valence electrons. The van der Waals surface area contributed by atoms with Crippen molar-refractivity contribution in [2.45, 2.75) is 38.8 Å². The van der Waals surface area contributed by atoms with E-state index in [4.69, 9.17) is 9.47 Å². The molecule has 1 aliphatic heterocycles. The van der Waals surface area contributed by atoms with Crippen molar-refractivity contribution in [3.8, 4) is 5.75 Å². The van der Waals surface area contributed by atoms with Crippen LogP contribution in [0.15, 0.2) is 24.3 Å². The minimum absolute atomic E-state index is 0.0807. The van der Waals surface area contributed by atoms with Gasteiger partial charge in [0.25, 0.3) is 0 Å². The summed E-state index contributed by atoms with van der Waals surface area (Å²) in [7, 11) is 3.13. The Morgan fingerprint density at radius 3 is 2.43 bits per heavy atom. The predicted octanol–water partition coefficient (Wildman–Crippen LogP) is 3.03. The van der Waals surface area contributed by atoms with E-state index in [2.05, 4.69) is 30.9 Å². The molecule has 1 aromatic carbocycles. The van der Waals surface area contributed by atoms with Crippen LogP contribution in [0.3, 0.4) is 0 Å². The van der Waals surface area contributed by atoms with Crippen molar-refractivity contribution in [2.24, 2.45) is 5.92 Å². The third kappa shape index (κ3) is 3.38. The van der Waals surface area contributed by atoms with Gasteiger partial charge in [-0.1, -0.05) is 12.1 Å². The van der Waals surface area contributed by atoms with Crippen molar-refractivity contribution in [2.75, 3.05) is 20.8 Å². The predicted molar refractivity (Wildman–Crippen MR) is 82.3 cm³/mol. The Hall–Kier alpha value is -1.55. The lowest BCUT2D eigenvalue weighted by molar-refractivity contribution is -0.150. The summed E-state index contributed by atoms with van der Waals surface area (Å²) in [5.74, 6) is 0.626. The monoisotopic (exact) mass is 291 g/mol. The highest BCUT2D eigenvalue weighted by atomic mass is 16.5. The Labute approximate surface area is 127 Å². The summed E-state index contributed by atoms with van der Waals surface area (Å²) in [5, 5.41) is 0. The molecule has 1 aromatic rings. The van der Waals surface area contributed by atoms with Gasteiger partial charge in [0.15, 0.2) is 0 Å². The molecule has 0 spiro atoms. The first kappa shape index (κ1) is 15.8. The van der Waals surface area contributed by atoms with Gasteiger partial charge in [-0.25, -0.2) is 0 Å². The highest BCUT2D eigenvalue weighted by Crippen LogP contribution is 2.38. The molecule has 0 radical (unpaired) electrons. The van der Waals surface area contributed by atoms with Gasteiger partial charge < -0.3 is 9.47 Å². The van der Waals surface area contributed by atoms with Crippen LogP contribution >= 0.6 is 0 Å². The van der Waals surface area contributed by atoms with E-state index < -0.39 is 0 Å². The zero-order chi connectivity index (χ0) is 15.4. The minimum Gasteiger partial charge on any atom is -0.497 e. The number of nitrogens with zero attached hydrogens (tertiary/aromatic N) is 1. The van der Waals surface area contributed by atoms with Crippen molar-refractivity contribution in [1.82, 2.24) is 4.90 Å². The van der Waals surface area contributed by atoms with Crippen LogP contribution in [-0.4, -0.2) is 37.7 Å². The van der Waals surface area contributed by atoms with E-state index in [1.165, 1.54) is 7.11 Å². The number of hydrogen-bond acceptors (Lipinski definition) is 4. The van der Waals surface area contributed by atoms with Crippen molar-refractivity contribution in [3.63, 3.8) is 0 Å². The molecule has 0 aromatic heterocycles. The van der Waals surface area contributed by atoms with Gasteiger partial charge in [-0.05, 0) is 50.9 Å². The molecule has 0 unspecified atom stereocenters. The molecule has 21 heavy (non-hydrogen) atoms. The van der Waals surface area contributed by atoms with Crippen LogP contribution in [-0.2, 0) is 9.53 Å². The number of carbonyl (C=O) groups is 1. The Morgan fingerprint density at radius 1 is 1.24 bits per heavy atom. The van der Waals surface area contributed by atoms with Crippen LogP contribution in [0.4, 0.5) is 0 Å². The molecular formula is C17H25NO3. The molecule has 4 nitrogen and oxygen atoms in total. The lowest BCUT2D eigenvalue weighted by atomic mass is 9.84. The van der Waals surface area contributed by atoms with Crippen molar-refractivity contribution < 1.29 is 14.3 Å². The molecule has 1 heterocycles. The number of ether oxygens (including phenoxy) is 2. The standard InChI is InChI=1S/C17H25NO3/c1-12(2)18-11-5-6-15(17(19)21-4)16(18)13-7-9-14(20-3)10-8-13/h7-10,12,15-16H,5-6,11H2,1-4H3/t15-,16-/m1/s1. The molecule has 2 atom stereocenters. The Morgan fingerprint density at radius 2 is 1.90 bits per heavy atom. The maximum absolute atomic E-state index is 12.2. The fourth-order valence-electron chi connectivity index (χ4n) is 3.22. The van der Waals surface area contributed by atoms with E-state index in [0.29, 0.717) is 6.04 Å². The number of benzene rings is 1. The van der Waals surface area contributed by atoms with Crippen molar-refractivity contribution in [3.05, 3.63) is 29.8 Å². The van der Waals surface area contributed by atoms with Crippen LogP contribution in [0, 0.1) is 5.92 Å². The van der Waals surface area contributed by atoms with E-state index in [-0.39, 0.29) is 17.9 Å². The van der Waals surface area contributed by atoms with Gasteiger partial charge in [-0.3, -0.25) is 9.69 Å². The lowest BCUT2D eigenvalue weighted by Gasteiger charge is -2.42. The maximum Gasteiger partial charge on any atom is 0.310 e. The van der Waals surface area contributed by atoms with Crippen molar-refractivity contribution in [1.29, 1.82) is 0 Å². The average molecular weight is 291 g/mol. The topological polar surface area (TPSA) is 38.8 Å². The smallest absolute Gasteiger partial charge is 0.310 e. The maximum atomic E-state index is 12.2. The van der Waals surface area contributed by atoms with Crippen LogP contribution in [0.1, 0.15) is 38.3 Å². The van der Waals surface area contributed by atoms with E-state index in [9.17, 15) is 4.79 Å². The molecule has 1 saturated heterocycles. The number of esters is 1. The molecule has 2 rings (SSSR count). The van der Waals surface area contributed by atoms with Crippen LogP contribution in [0.25, 0.3) is 0 Å². The van der Waals surface area contributed by atoms with Gasteiger partial charge in [0, 0.05) is 12.1 Å². The van der Waals surface area contributed by atoms with E-state index >= 15 is 0 Å². The number of piperidine rings is 1. The summed E-state index contributed by atoms with van der Waals surface area (Å²) >= 11 is 0. The fourth-order valence-corrected chi connectivity index (χ4v) is 3.22.